The summed E-state index contributed by atoms with van der Waals surface area (Å²) in [6.45, 7) is 8.87. The van der Waals surface area contributed by atoms with Gasteiger partial charge in [-0.2, -0.15) is 5.84 Å². The highest BCUT2D eigenvalue weighted by molar-refractivity contribution is 7.85. The molecule has 0 bridgehead atoms. The minimum Gasteiger partial charge on any atom is -0.744 e. The maximum atomic E-state index is 10.8. The fourth-order valence-corrected chi connectivity index (χ4v) is 3.17. The van der Waals surface area contributed by atoms with Crippen molar-refractivity contribution < 1.29 is 17.9 Å². The predicted octanol–water partition coefficient (Wildman–Crippen LogP) is 0.611. The van der Waals surface area contributed by atoms with Gasteiger partial charge in [-0.05, 0) is 51.8 Å². The van der Waals surface area contributed by atoms with E-state index in [9.17, 15) is 13.0 Å². The summed E-state index contributed by atoms with van der Waals surface area (Å²) in [5.41, 5.74) is 3.76. The second kappa shape index (κ2) is 6.80. The fourth-order valence-electron chi connectivity index (χ4n) is 2.27. The van der Waals surface area contributed by atoms with Crippen LogP contribution in [-0.2, 0) is 10.1 Å². The molecule has 2 rings (SSSR count). The van der Waals surface area contributed by atoms with Gasteiger partial charge in [-0.25, -0.2) is 8.42 Å². The molecule has 0 aliphatic carbocycles. The highest BCUT2D eigenvalue weighted by atomic mass is 32.2. The van der Waals surface area contributed by atoms with Crippen molar-refractivity contribution >= 4 is 10.1 Å². The van der Waals surface area contributed by atoms with Crippen molar-refractivity contribution in [3.8, 4) is 0 Å². The molecule has 2 N–H and O–H groups in total. The van der Waals surface area contributed by atoms with E-state index in [0.29, 0.717) is 11.1 Å². The third kappa shape index (κ3) is 5.05. The number of nitrogen functional groups attached to an aromatic ring is 1. The molecule has 0 atom stereocenters. The van der Waals surface area contributed by atoms with E-state index in [-0.39, 0.29) is 4.90 Å². The van der Waals surface area contributed by atoms with Gasteiger partial charge in [0.1, 0.15) is 26.4 Å². The fraction of sp³-hybridized carbons (Fsp3) is 0.357. The Hall–Kier alpha value is -2.06. The van der Waals surface area contributed by atoms with Crippen molar-refractivity contribution in [2.24, 2.45) is 0 Å². The zero-order valence-corrected chi connectivity index (χ0v) is 14.1. The lowest BCUT2D eigenvalue weighted by atomic mass is 10.1. The van der Waals surface area contributed by atoms with Gasteiger partial charge >= 0.3 is 0 Å². The van der Waals surface area contributed by atoms with Crippen molar-refractivity contribution in [1.29, 1.82) is 0 Å². The number of nitrogens with zero attached hydrogens (tertiary/aromatic N) is 3. The van der Waals surface area contributed by atoms with E-state index < -0.39 is 10.1 Å². The lowest BCUT2D eigenvalue weighted by Gasteiger charge is -2.14. The Morgan fingerprint density at radius 3 is 1.68 bits per heavy atom. The molecule has 0 aliphatic rings. The van der Waals surface area contributed by atoms with Gasteiger partial charge < -0.3 is 4.55 Å². The van der Waals surface area contributed by atoms with Crippen molar-refractivity contribution in [2.45, 2.75) is 39.5 Å². The molecule has 22 heavy (non-hydrogen) atoms. The van der Waals surface area contributed by atoms with Gasteiger partial charge in [-0.3, -0.25) is 0 Å². The van der Waals surface area contributed by atoms with Crippen LogP contribution in [0.4, 0.5) is 0 Å². The Morgan fingerprint density at radius 1 is 0.955 bits per heavy atom. The molecule has 0 amide bonds. The molecule has 0 saturated carbocycles. The van der Waals surface area contributed by atoms with Crippen LogP contribution in [0.2, 0.25) is 0 Å². The van der Waals surface area contributed by atoms with E-state index >= 15 is 0 Å². The molecular formula is C14H20N4O3S. The Labute approximate surface area is 130 Å². The van der Waals surface area contributed by atoms with E-state index in [1.807, 2.05) is 26.8 Å². The lowest BCUT2D eigenvalue weighted by Crippen LogP contribution is -2.52. The molecule has 1 aromatic heterocycles. The summed E-state index contributed by atoms with van der Waals surface area (Å²) in [6, 6.07) is 5.25. The summed E-state index contributed by atoms with van der Waals surface area (Å²) in [7, 11) is -4.33. The molecule has 0 saturated heterocycles. The molecule has 0 spiro atoms. The first-order chi connectivity index (χ1) is 10.0. The second-order valence-corrected chi connectivity index (χ2v) is 6.45. The van der Waals surface area contributed by atoms with Gasteiger partial charge in [0, 0.05) is 0 Å². The highest BCUT2D eigenvalue weighted by Crippen LogP contribution is 2.20. The zero-order chi connectivity index (χ0) is 17.1. The van der Waals surface area contributed by atoms with Crippen molar-refractivity contribution in [3.63, 3.8) is 0 Å². The van der Waals surface area contributed by atoms with Crippen LogP contribution in [0, 0.1) is 34.6 Å². The van der Waals surface area contributed by atoms with Crippen LogP contribution in [0.1, 0.15) is 28.1 Å². The number of hydrogen-bond acceptors (Lipinski definition) is 6. The van der Waals surface area contributed by atoms with E-state index in [1.54, 1.807) is 26.0 Å². The van der Waals surface area contributed by atoms with Crippen LogP contribution in [0.25, 0.3) is 0 Å². The van der Waals surface area contributed by atoms with Crippen LogP contribution in [0.3, 0.4) is 0 Å². The van der Waals surface area contributed by atoms with E-state index in [0.717, 1.165) is 21.9 Å². The SMILES string of the molecule is Cc1cc(C)c(S(=O)(=O)[O-])c(C)c1.Cc1cc(C)n[n+](N)n1. The molecule has 1 heterocycles. The molecule has 0 aliphatic heterocycles. The Kier molecular flexibility index (Phi) is 5.56. The first-order valence-corrected chi connectivity index (χ1v) is 7.95. The van der Waals surface area contributed by atoms with Crippen LogP contribution < -0.4 is 10.7 Å². The van der Waals surface area contributed by atoms with E-state index in [4.69, 9.17) is 5.84 Å². The molecule has 8 heteroatoms. The maximum Gasteiger partial charge on any atom is 0.147 e. The highest BCUT2D eigenvalue weighted by Gasteiger charge is 2.09. The second-order valence-electron chi connectivity index (χ2n) is 5.13. The van der Waals surface area contributed by atoms with Crippen molar-refractivity contribution in [1.82, 2.24) is 10.2 Å². The first kappa shape index (κ1) is 18.0. The number of hydrogen-bond donors (Lipinski definition) is 1. The summed E-state index contributed by atoms with van der Waals surface area (Å²) in [4.78, 5) is 0.989. The summed E-state index contributed by atoms with van der Waals surface area (Å²) in [5, 5.41) is 7.64. The van der Waals surface area contributed by atoms with Crippen molar-refractivity contribution in [3.05, 3.63) is 46.3 Å². The first-order valence-electron chi connectivity index (χ1n) is 6.54. The quantitative estimate of drug-likeness (QED) is 0.467. The predicted molar refractivity (Wildman–Crippen MR) is 80.5 cm³/mol. The van der Waals surface area contributed by atoms with Crippen molar-refractivity contribution in [2.75, 3.05) is 5.84 Å². The lowest BCUT2D eigenvalue weighted by molar-refractivity contribution is -0.758. The van der Waals surface area contributed by atoms with Gasteiger partial charge in [0.25, 0.3) is 0 Å². The Morgan fingerprint density at radius 2 is 1.36 bits per heavy atom. The molecule has 0 unspecified atom stereocenters. The Balaban J connectivity index is 0.000000235. The average Bonchev–Trinajstić information content (AvgIpc) is 2.23. The smallest absolute Gasteiger partial charge is 0.147 e. The van der Waals surface area contributed by atoms with Crippen LogP contribution >= 0.6 is 0 Å². The summed E-state index contributed by atoms with van der Waals surface area (Å²) < 4.78 is 32.5. The van der Waals surface area contributed by atoms with E-state index in [2.05, 4.69) is 10.2 Å². The number of benzene rings is 1. The third-order valence-electron chi connectivity index (χ3n) is 2.79. The minimum atomic E-state index is -4.33. The maximum absolute atomic E-state index is 10.8. The standard InChI is InChI=1S/C9H12O3S.C5H9N4/c1-6-4-7(2)9(8(3)5-6)13(10,11)12;1-4-3-5(2)8-9(6)7-4/h4-5H,1-3H3,(H,10,11,12);3H,1-2H3,(H2,6,7,8)/q;+1/p-1. The molecule has 120 valence electrons. The number of nitrogens with two attached hydrogens (primary N) is 1. The molecular weight excluding hydrogens is 304 g/mol. The van der Waals surface area contributed by atoms with Crippen LogP contribution in [-0.4, -0.2) is 23.2 Å². The molecule has 7 nitrogen and oxygen atoms in total. The van der Waals surface area contributed by atoms with Gasteiger partial charge in [0.15, 0.2) is 0 Å². The summed E-state index contributed by atoms with van der Waals surface area (Å²) in [6.07, 6.45) is 0. The summed E-state index contributed by atoms with van der Waals surface area (Å²) >= 11 is 0. The minimum absolute atomic E-state index is 0.0851. The zero-order valence-electron chi connectivity index (χ0n) is 13.3. The van der Waals surface area contributed by atoms with Gasteiger partial charge in [-0.1, -0.05) is 17.7 Å². The number of rotatable bonds is 1. The largest absolute Gasteiger partial charge is 0.744 e. The molecule has 1 aromatic carbocycles. The number of aromatic nitrogens is 3. The number of aryl methyl sites for hydroxylation is 5. The van der Waals surface area contributed by atoms with Gasteiger partial charge in [-0.15, -0.1) is 0 Å². The average molecular weight is 324 g/mol. The summed E-state index contributed by atoms with van der Waals surface area (Å²) in [5.74, 6) is 5.25. The van der Waals surface area contributed by atoms with Crippen LogP contribution in [0.5, 0.6) is 0 Å². The topological polar surface area (TPSA) is 113 Å². The molecule has 0 radical (unpaired) electrons. The monoisotopic (exact) mass is 324 g/mol. The third-order valence-corrected chi connectivity index (χ3v) is 3.94. The van der Waals surface area contributed by atoms with Gasteiger partial charge in [0.05, 0.1) is 15.1 Å². The normalized spacial score (nSPS) is 10.8. The van der Waals surface area contributed by atoms with Crippen LogP contribution in [0.15, 0.2) is 23.1 Å². The Bertz CT molecular complexity index is 715. The van der Waals surface area contributed by atoms with E-state index in [1.165, 1.54) is 0 Å². The van der Waals surface area contributed by atoms with Gasteiger partial charge in [0.2, 0.25) is 0 Å². The molecule has 2 aromatic rings. The molecule has 0 fully saturated rings.